The second kappa shape index (κ2) is 4.85. The van der Waals surface area contributed by atoms with E-state index in [1.54, 1.807) is 6.07 Å². The Labute approximate surface area is 97.9 Å². The summed E-state index contributed by atoms with van der Waals surface area (Å²) >= 11 is 10.8. The first kappa shape index (κ1) is 12.3. The third-order valence-corrected chi connectivity index (χ3v) is 4.71. The smallest absolute Gasteiger partial charge is 0.209 e. The predicted octanol–water partition coefficient (Wildman–Crippen LogP) is 2.00. The first-order chi connectivity index (χ1) is 6.42. The molecule has 1 N–H and O–H groups in total. The molecule has 1 aromatic heterocycles. The summed E-state index contributed by atoms with van der Waals surface area (Å²) in [4.78, 5) is 0. The van der Waals surface area contributed by atoms with E-state index in [0.29, 0.717) is 10.9 Å². The highest BCUT2D eigenvalue weighted by molar-refractivity contribution is 7.91. The van der Waals surface area contributed by atoms with Crippen LogP contribution >= 0.6 is 35.6 Å². The Kier molecular flexibility index (Phi) is 4.27. The first-order valence-corrected chi connectivity index (χ1v) is 7.04. The number of thiophene rings is 1. The molecule has 80 valence electrons. The van der Waals surface area contributed by atoms with E-state index in [1.807, 2.05) is 6.92 Å². The number of rotatable bonds is 4. The fourth-order valence-corrected chi connectivity index (χ4v) is 3.62. The van der Waals surface area contributed by atoms with Gasteiger partial charge in [0, 0.05) is 11.8 Å². The van der Waals surface area contributed by atoms with E-state index in [0.717, 1.165) is 11.3 Å². The third kappa shape index (κ3) is 3.43. The van der Waals surface area contributed by atoms with Gasteiger partial charge in [0.1, 0.15) is 4.21 Å². The monoisotopic (exact) mass is 271 g/mol. The second-order valence-corrected chi connectivity index (χ2v) is 7.35. The topological polar surface area (TPSA) is 46.2 Å². The van der Waals surface area contributed by atoms with Crippen LogP contribution in [0.3, 0.4) is 0 Å². The zero-order chi connectivity index (χ0) is 10.8. The van der Waals surface area contributed by atoms with Gasteiger partial charge >= 0.3 is 0 Å². The van der Waals surface area contributed by atoms with Gasteiger partial charge in [-0.25, -0.2) is 13.1 Å². The molecule has 1 heterocycles. The molecule has 0 aliphatic carbocycles. The molecule has 14 heavy (non-hydrogen) atoms. The van der Waals surface area contributed by atoms with Crippen molar-refractivity contribution >= 4 is 45.6 Å². The van der Waals surface area contributed by atoms with Crippen molar-refractivity contribution in [2.45, 2.75) is 16.4 Å². The Morgan fingerprint density at radius 3 is 2.71 bits per heavy atom. The number of nitrogens with one attached hydrogen (secondary N) is 1. The Hall–Kier alpha value is 0.250. The van der Waals surface area contributed by atoms with Crippen LogP contribution in [0.1, 0.15) is 6.92 Å². The van der Waals surface area contributed by atoms with Crippen molar-refractivity contribution in [1.29, 1.82) is 0 Å². The summed E-state index contributed by atoms with van der Waals surface area (Å²) in [6, 6.07) is 3.05. The van der Waals surface area contributed by atoms with E-state index >= 15 is 0 Å². The van der Waals surface area contributed by atoms with E-state index in [1.165, 1.54) is 6.07 Å². The zero-order valence-corrected chi connectivity index (χ0v) is 10.7. The molecule has 0 aliphatic heterocycles. The average Bonchev–Trinajstić information content (AvgIpc) is 2.49. The van der Waals surface area contributed by atoms with Crippen molar-refractivity contribution in [2.24, 2.45) is 0 Å². The molecule has 3 nitrogen and oxygen atoms in total. The fourth-order valence-electron chi connectivity index (χ4n) is 0.744. The molecule has 0 aromatic carbocycles. The minimum atomic E-state index is -3.40. The van der Waals surface area contributed by atoms with Crippen LogP contribution in [0.15, 0.2) is 16.3 Å². The van der Waals surface area contributed by atoms with Crippen molar-refractivity contribution in [3.8, 4) is 0 Å². The van der Waals surface area contributed by atoms with Crippen LogP contribution in [0.2, 0.25) is 4.34 Å². The van der Waals surface area contributed by atoms with Crippen molar-refractivity contribution in [3.63, 3.8) is 0 Å². The molecule has 1 aromatic rings. The molecule has 7 heteroatoms. The molecule has 1 atom stereocenters. The summed E-state index contributed by atoms with van der Waals surface area (Å²) in [7, 11) is -3.40. The SMILES string of the molecule is CC(S)CNS(=O)(=O)c1ccc(Cl)s1. The van der Waals surface area contributed by atoms with Gasteiger partial charge in [-0.2, -0.15) is 12.6 Å². The minimum Gasteiger partial charge on any atom is -0.209 e. The van der Waals surface area contributed by atoms with Gasteiger partial charge in [0.2, 0.25) is 10.0 Å². The standard InChI is InChI=1S/C7H10ClNO2S3/c1-5(12)4-9-14(10,11)7-3-2-6(8)13-7/h2-3,5,9,12H,4H2,1H3. The molecule has 1 unspecified atom stereocenters. The molecule has 0 radical (unpaired) electrons. The summed E-state index contributed by atoms with van der Waals surface area (Å²) in [5.41, 5.74) is 0. The van der Waals surface area contributed by atoms with Gasteiger partial charge in [0.15, 0.2) is 0 Å². The lowest BCUT2D eigenvalue weighted by molar-refractivity contribution is 0.583. The molecule has 0 bridgehead atoms. The first-order valence-electron chi connectivity index (χ1n) is 3.85. The summed E-state index contributed by atoms with van der Waals surface area (Å²) in [6.07, 6.45) is 0. The molecular formula is C7H10ClNO2S3. The molecule has 0 fully saturated rings. The van der Waals surface area contributed by atoms with Crippen LogP contribution in [-0.2, 0) is 10.0 Å². The lowest BCUT2D eigenvalue weighted by atomic mass is 10.5. The maximum atomic E-state index is 11.6. The van der Waals surface area contributed by atoms with Crippen LogP contribution in [0.5, 0.6) is 0 Å². The highest BCUT2D eigenvalue weighted by Crippen LogP contribution is 2.25. The lowest BCUT2D eigenvalue weighted by Gasteiger charge is -2.05. The third-order valence-electron chi connectivity index (χ3n) is 1.38. The summed E-state index contributed by atoms with van der Waals surface area (Å²) in [6.45, 7) is 2.12. The molecule has 0 amide bonds. The van der Waals surface area contributed by atoms with E-state index in [4.69, 9.17) is 11.6 Å². The molecule has 0 spiro atoms. The predicted molar refractivity (Wildman–Crippen MR) is 63.0 cm³/mol. The summed E-state index contributed by atoms with van der Waals surface area (Å²) in [5, 5.41) is -0.0137. The Bertz CT molecular complexity index is 399. The largest absolute Gasteiger partial charge is 0.250 e. The highest BCUT2D eigenvalue weighted by atomic mass is 35.5. The maximum Gasteiger partial charge on any atom is 0.250 e. The molecule has 1 rings (SSSR count). The second-order valence-electron chi connectivity index (χ2n) is 2.76. The molecule has 0 aliphatic rings. The number of hydrogen-bond acceptors (Lipinski definition) is 4. The van der Waals surface area contributed by atoms with Gasteiger partial charge in [0.25, 0.3) is 0 Å². The zero-order valence-electron chi connectivity index (χ0n) is 7.40. The van der Waals surface area contributed by atoms with E-state index < -0.39 is 10.0 Å². The fraction of sp³-hybridized carbons (Fsp3) is 0.429. The summed E-state index contributed by atoms with van der Waals surface area (Å²) in [5.74, 6) is 0. The van der Waals surface area contributed by atoms with Gasteiger partial charge in [-0.3, -0.25) is 0 Å². The van der Waals surface area contributed by atoms with Crippen LogP contribution in [0.25, 0.3) is 0 Å². The van der Waals surface area contributed by atoms with Gasteiger partial charge in [-0.1, -0.05) is 18.5 Å². The van der Waals surface area contributed by atoms with Gasteiger partial charge in [-0.15, -0.1) is 11.3 Å². The van der Waals surface area contributed by atoms with E-state index in [-0.39, 0.29) is 9.46 Å². The van der Waals surface area contributed by atoms with Gasteiger partial charge in [0.05, 0.1) is 4.34 Å². The average molecular weight is 272 g/mol. The van der Waals surface area contributed by atoms with Crippen LogP contribution in [0, 0.1) is 0 Å². The Morgan fingerprint density at radius 1 is 1.64 bits per heavy atom. The van der Waals surface area contributed by atoms with E-state index in [9.17, 15) is 8.42 Å². The Balaban J connectivity index is 2.76. The number of sulfonamides is 1. The van der Waals surface area contributed by atoms with Crippen LogP contribution in [-0.4, -0.2) is 20.2 Å². The van der Waals surface area contributed by atoms with Gasteiger partial charge in [-0.05, 0) is 12.1 Å². The number of thiol groups is 1. The quantitative estimate of drug-likeness (QED) is 0.823. The maximum absolute atomic E-state index is 11.6. The van der Waals surface area contributed by atoms with Crippen molar-refractivity contribution in [1.82, 2.24) is 4.72 Å². The molecular weight excluding hydrogens is 262 g/mol. The van der Waals surface area contributed by atoms with E-state index in [2.05, 4.69) is 17.4 Å². The van der Waals surface area contributed by atoms with Crippen molar-refractivity contribution in [2.75, 3.05) is 6.54 Å². The van der Waals surface area contributed by atoms with Crippen LogP contribution < -0.4 is 4.72 Å². The minimum absolute atomic E-state index is 0.0137. The summed E-state index contributed by atoms with van der Waals surface area (Å²) < 4.78 is 26.2. The van der Waals surface area contributed by atoms with Crippen molar-refractivity contribution in [3.05, 3.63) is 16.5 Å². The van der Waals surface area contributed by atoms with Crippen molar-refractivity contribution < 1.29 is 8.42 Å². The van der Waals surface area contributed by atoms with Crippen LogP contribution in [0.4, 0.5) is 0 Å². The number of halogens is 1. The molecule has 0 saturated heterocycles. The Morgan fingerprint density at radius 2 is 2.29 bits per heavy atom. The highest BCUT2D eigenvalue weighted by Gasteiger charge is 2.16. The molecule has 0 saturated carbocycles. The van der Waals surface area contributed by atoms with Gasteiger partial charge < -0.3 is 0 Å². The normalized spacial score (nSPS) is 14.2. The number of hydrogen-bond donors (Lipinski definition) is 2. The lowest BCUT2D eigenvalue weighted by Crippen LogP contribution is -2.28.